The van der Waals surface area contributed by atoms with Crippen LogP contribution in [0, 0.1) is 0 Å². The number of anilines is 1. The Balaban J connectivity index is 2.12. The number of hydrogen-bond donors (Lipinski definition) is 1. The summed E-state index contributed by atoms with van der Waals surface area (Å²) in [5, 5.41) is 0. The smallest absolute Gasteiger partial charge is 0.383 e. The van der Waals surface area contributed by atoms with Crippen LogP contribution in [0.3, 0.4) is 0 Å². The Morgan fingerprint density at radius 1 is 1.05 bits per heavy atom. The summed E-state index contributed by atoms with van der Waals surface area (Å²) in [6.45, 7) is 0. The topological polar surface area (TPSA) is 43.3 Å². The number of aromatic nitrogens is 2. The molecule has 3 rings (SSSR count). The molecule has 0 aliphatic rings. The lowest BCUT2D eigenvalue weighted by atomic mass is 10.1. The summed E-state index contributed by atoms with van der Waals surface area (Å²) in [6.07, 6.45) is -2.57. The highest BCUT2D eigenvalue weighted by Gasteiger charge is 2.34. The molecule has 0 saturated carbocycles. The minimum absolute atomic E-state index is 0.159. The Labute approximate surface area is 118 Å². The number of hydrogen-bond acceptors (Lipinski definition) is 2. The second kappa shape index (κ2) is 4.80. The number of benzene rings is 1. The largest absolute Gasteiger partial charge is 0.419 e. The van der Waals surface area contributed by atoms with Crippen LogP contribution in [-0.2, 0) is 12.6 Å². The molecule has 0 spiro atoms. The molecule has 0 fully saturated rings. The maximum Gasteiger partial charge on any atom is 0.419 e. The Morgan fingerprint density at radius 2 is 1.76 bits per heavy atom. The van der Waals surface area contributed by atoms with Gasteiger partial charge >= 0.3 is 6.18 Å². The van der Waals surface area contributed by atoms with Crippen molar-refractivity contribution < 1.29 is 13.2 Å². The van der Waals surface area contributed by atoms with Crippen LogP contribution in [0.25, 0.3) is 5.65 Å². The lowest BCUT2D eigenvalue weighted by molar-refractivity contribution is -0.136. The first-order valence-corrected chi connectivity index (χ1v) is 6.33. The molecule has 21 heavy (non-hydrogen) atoms. The number of nitrogen functional groups attached to an aromatic ring is 1. The summed E-state index contributed by atoms with van der Waals surface area (Å²) in [6, 6.07) is 11.7. The monoisotopic (exact) mass is 291 g/mol. The van der Waals surface area contributed by atoms with Crippen molar-refractivity contribution in [3.63, 3.8) is 0 Å². The molecular formula is C15H12F3N3. The van der Waals surface area contributed by atoms with Crippen molar-refractivity contribution in [2.45, 2.75) is 12.6 Å². The molecule has 2 aromatic heterocycles. The first-order valence-electron chi connectivity index (χ1n) is 6.33. The Bertz CT molecular complexity index is 776. The van der Waals surface area contributed by atoms with E-state index >= 15 is 0 Å². The van der Waals surface area contributed by atoms with Gasteiger partial charge in [0.1, 0.15) is 5.82 Å². The number of imidazole rings is 1. The maximum absolute atomic E-state index is 13.0. The quantitative estimate of drug-likeness (QED) is 0.785. The van der Waals surface area contributed by atoms with Gasteiger partial charge in [0.2, 0.25) is 0 Å². The number of alkyl halides is 3. The second-order valence-electron chi connectivity index (χ2n) is 4.72. The first-order chi connectivity index (χ1) is 9.97. The van der Waals surface area contributed by atoms with Crippen molar-refractivity contribution in [2.24, 2.45) is 0 Å². The highest BCUT2D eigenvalue weighted by atomic mass is 19.4. The lowest BCUT2D eigenvalue weighted by Crippen LogP contribution is -2.07. The highest BCUT2D eigenvalue weighted by Crippen LogP contribution is 2.33. The van der Waals surface area contributed by atoms with Crippen LogP contribution >= 0.6 is 0 Å². The molecule has 3 aromatic rings. The molecular weight excluding hydrogens is 279 g/mol. The standard InChI is InChI=1S/C15H12F3N3/c16-15(17,18)11-7-4-8-21-13(19)12(20-14(11)21)9-10-5-2-1-3-6-10/h1-8H,9,19H2. The van der Waals surface area contributed by atoms with E-state index in [2.05, 4.69) is 4.98 Å². The van der Waals surface area contributed by atoms with Gasteiger partial charge in [-0.05, 0) is 17.7 Å². The number of nitrogens with two attached hydrogens (primary N) is 1. The molecule has 3 nitrogen and oxygen atoms in total. The summed E-state index contributed by atoms with van der Waals surface area (Å²) in [5.74, 6) is 0.236. The van der Waals surface area contributed by atoms with Crippen molar-refractivity contribution in [3.8, 4) is 0 Å². The molecule has 2 heterocycles. The minimum atomic E-state index is -4.45. The van der Waals surface area contributed by atoms with Gasteiger partial charge in [-0.15, -0.1) is 0 Å². The maximum atomic E-state index is 13.0. The minimum Gasteiger partial charge on any atom is -0.383 e. The van der Waals surface area contributed by atoms with Gasteiger partial charge in [0.25, 0.3) is 0 Å². The first kappa shape index (κ1) is 13.5. The van der Waals surface area contributed by atoms with Gasteiger partial charge in [0.15, 0.2) is 5.65 Å². The van der Waals surface area contributed by atoms with Gasteiger partial charge in [-0.2, -0.15) is 13.2 Å². The Kier molecular flexibility index (Phi) is 3.08. The van der Waals surface area contributed by atoms with Crippen LogP contribution in [0.2, 0.25) is 0 Å². The van der Waals surface area contributed by atoms with Crippen molar-refractivity contribution in [1.29, 1.82) is 0 Å². The van der Waals surface area contributed by atoms with E-state index in [9.17, 15) is 13.2 Å². The second-order valence-corrected chi connectivity index (χ2v) is 4.72. The molecule has 2 N–H and O–H groups in total. The molecule has 0 saturated heterocycles. The van der Waals surface area contributed by atoms with Gasteiger partial charge < -0.3 is 5.73 Å². The van der Waals surface area contributed by atoms with Gasteiger partial charge in [-0.25, -0.2) is 4.98 Å². The van der Waals surface area contributed by atoms with E-state index < -0.39 is 11.7 Å². The molecule has 0 bridgehead atoms. The predicted octanol–water partition coefficient (Wildman–Crippen LogP) is 3.53. The van der Waals surface area contributed by atoms with Crippen LogP contribution in [0.1, 0.15) is 16.8 Å². The van der Waals surface area contributed by atoms with Crippen molar-refractivity contribution in [3.05, 3.63) is 65.5 Å². The SMILES string of the molecule is Nc1c(Cc2ccccc2)nc2c(C(F)(F)F)cccn12. The molecule has 108 valence electrons. The van der Waals surface area contributed by atoms with E-state index in [0.29, 0.717) is 12.1 Å². The predicted molar refractivity (Wildman–Crippen MR) is 73.9 cm³/mol. The van der Waals surface area contributed by atoms with Crippen LogP contribution in [-0.4, -0.2) is 9.38 Å². The fourth-order valence-electron chi connectivity index (χ4n) is 2.27. The number of halogens is 3. The molecule has 0 aliphatic carbocycles. The van der Waals surface area contributed by atoms with E-state index in [1.165, 1.54) is 16.7 Å². The molecule has 1 aromatic carbocycles. The molecule has 0 amide bonds. The normalized spacial score (nSPS) is 12.0. The Morgan fingerprint density at radius 3 is 2.43 bits per heavy atom. The summed E-state index contributed by atoms with van der Waals surface area (Å²) in [4.78, 5) is 4.09. The number of rotatable bonds is 2. The number of nitrogens with zero attached hydrogens (tertiary/aromatic N) is 2. The van der Waals surface area contributed by atoms with Crippen LogP contribution < -0.4 is 5.73 Å². The van der Waals surface area contributed by atoms with Gasteiger partial charge in [0, 0.05) is 12.6 Å². The van der Waals surface area contributed by atoms with E-state index in [-0.39, 0.29) is 11.5 Å². The number of fused-ring (bicyclic) bond motifs is 1. The molecule has 0 aliphatic heterocycles. The average Bonchev–Trinajstić information content (AvgIpc) is 2.76. The Hall–Kier alpha value is -2.50. The van der Waals surface area contributed by atoms with E-state index in [4.69, 9.17) is 5.73 Å². The zero-order valence-corrected chi connectivity index (χ0v) is 10.9. The fraction of sp³-hybridized carbons (Fsp3) is 0.133. The van der Waals surface area contributed by atoms with Gasteiger partial charge in [-0.1, -0.05) is 30.3 Å². The highest BCUT2D eigenvalue weighted by molar-refractivity contribution is 5.59. The summed E-state index contributed by atoms with van der Waals surface area (Å²) >= 11 is 0. The average molecular weight is 291 g/mol. The molecule has 0 radical (unpaired) electrons. The van der Waals surface area contributed by atoms with E-state index in [1.54, 1.807) is 0 Å². The summed E-state index contributed by atoms with van der Waals surface area (Å²) in [5.41, 5.74) is 6.38. The third kappa shape index (κ3) is 2.44. The zero-order valence-electron chi connectivity index (χ0n) is 10.9. The lowest BCUT2D eigenvalue weighted by Gasteiger charge is -2.07. The van der Waals surface area contributed by atoms with Crippen molar-refractivity contribution in [2.75, 3.05) is 5.73 Å². The van der Waals surface area contributed by atoms with Gasteiger partial charge in [-0.3, -0.25) is 4.40 Å². The van der Waals surface area contributed by atoms with E-state index in [1.807, 2.05) is 30.3 Å². The van der Waals surface area contributed by atoms with E-state index in [0.717, 1.165) is 11.6 Å². The molecule has 6 heteroatoms. The summed E-state index contributed by atoms with van der Waals surface area (Å²) in [7, 11) is 0. The number of pyridine rings is 1. The van der Waals surface area contributed by atoms with Crippen molar-refractivity contribution >= 4 is 11.5 Å². The fourth-order valence-corrected chi connectivity index (χ4v) is 2.27. The molecule has 0 atom stereocenters. The summed E-state index contributed by atoms with van der Waals surface area (Å²) < 4.78 is 40.3. The third-order valence-corrected chi connectivity index (χ3v) is 3.28. The molecule has 0 unspecified atom stereocenters. The van der Waals surface area contributed by atoms with Gasteiger partial charge in [0.05, 0.1) is 11.3 Å². The van der Waals surface area contributed by atoms with Crippen LogP contribution in [0.4, 0.5) is 19.0 Å². The third-order valence-electron chi connectivity index (χ3n) is 3.28. The zero-order chi connectivity index (χ0) is 15.0. The van der Waals surface area contributed by atoms with Crippen molar-refractivity contribution in [1.82, 2.24) is 9.38 Å². The van der Waals surface area contributed by atoms with Crippen LogP contribution in [0.15, 0.2) is 48.7 Å². The van der Waals surface area contributed by atoms with Crippen LogP contribution in [0.5, 0.6) is 0 Å².